The van der Waals surface area contributed by atoms with Crippen LogP contribution in [0.25, 0.3) is 0 Å². The highest BCUT2D eigenvalue weighted by atomic mass is 13.9. The summed E-state index contributed by atoms with van der Waals surface area (Å²) in [6.07, 6.45) is 0.365. The fourth-order valence-electron chi connectivity index (χ4n) is 0. The van der Waals surface area contributed by atoms with Crippen LogP contribution in [0.4, 0.5) is 0 Å². The van der Waals surface area contributed by atoms with Gasteiger partial charge >= 0.3 is 0 Å². The second kappa shape index (κ2) is 2.25. The molecule has 0 saturated heterocycles. The van der Waals surface area contributed by atoms with E-state index in [2.05, 4.69) is 0 Å². The maximum absolute atomic E-state index is 7.26. The predicted octanol–water partition coefficient (Wildman–Crippen LogP) is 2.05. The molecule has 0 fully saturated rings. The summed E-state index contributed by atoms with van der Waals surface area (Å²) < 4.78 is 27.9. The summed E-state index contributed by atoms with van der Waals surface area (Å²) in [5.74, 6) is -1.27. The molecule has 0 bridgehead atoms. The minimum atomic E-state index is -2.14. The van der Waals surface area contributed by atoms with Crippen molar-refractivity contribution in [3.8, 4) is 0 Å². The lowest BCUT2D eigenvalue weighted by atomic mass is 10.2. The normalized spacial score (nSPS) is 35.6. The zero-order valence-corrected chi connectivity index (χ0v) is 3.71. The van der Waals surface area contributed by atoms with Crippen molar-refractivity contribution < 1.29 is 5.48 Å². The lowest BCUT2D eigenvalue weighted by Crippen LogP contribution is -1.77. The van der Waals surface area contributed by atoms with Crippen molar-refractivity contribution in [2.45, 2.75) is 27.1 Å². The predicted molar refractivity (Wildman–Crippen MR) is 25.1 cm³/mol. The van der Waals surface area contributed by atoms with E-state index in [1.807, 2.05) is 0 Å². The van der Waals surface area contributed by atoms with Crippen LogP contribution in [0, 0.1) is 5.89 Å². The van der Waals surface area contributed by atoms with Gasteiger partial charge in [-0.1, -0.05) is 27.1 Å². The Morgan fingerprint density at radius 2 is 2.80 bits per heavy atom. The number of hydrogen-bond donors (Lipinski definition) is 0. The van der Waals surface area contributed by atoms with Crippen LogP contribution in [-0.2, 0) is 0 Å². The van der Waals surface area contributed by atoms with Gasteiger partial charge in [-0.3, -0.25) is 0 Å². The first-order valence-corrected chi connectivity index (χ1v) is 1.81. The molecule has 0 N–H and O–H groups in total. The Morgan fingerprint density at radius 1 is 2.20 bits per heavy atom. The summed E-state index contributed by atoms with van der Waals surface area (Å²) in [7, 11) is 0. The monoisotopic (exact) mass is 76.1 g/mol. The van der Waals surface area contributed by atoms with E-state index in [9.17, 15) is 0 Å². The molecule has 0 aromatic carbocycles. The molecule has 0 heterocycles. The van der Waals surface area contributed by atoms with Crippen molar-refractivity contribution in [3.63, 3.8) is 0 Å². The molecule has 0 rings (SSSR count). The molecule has 0 spiro atoms. The molecule has 0 aromatic heterocycles. The van der Waals surface area contributed by atoms with E-state index in [0.29, 0.717) is 6.42 Å². The summed E-state index contributed by atoms with van der Waals surface area (Å²) in [6, 6.07) is 0. The highest BCUT2D eigenvalue weighted by molar-refractivity contribution is 4.32. The average molecular weight is 76.2 g/mol. The molecule has 0 saturated carbocycles. The van der Waals surface area contributed by atoms with Gasteiger partial charge in [0.2, 0.25) is 0 Å². The molecule has 0 aromatic rings. The third kappa shape index (κ3) is 4.00. The molecule has 0 nitrogen and oxygen atoms in total. The van der Waals surface area contributed by atoms with Gasteiger partial charge in [-0.15, -0.1) is 0 Å². The van der Waals surface area contributed by atoms with Crippen LogP contribution in [0.2, 0.25) is 0 Å². The Kier molecular flexibility index (Phi) is 0.562. The van der Waals surface area contributed by atoms with Gasteiger partial charge in [-0.25, -0.2) is 0 Å². The highest BCUT2D eigenvalue weighted by Crippen LogP contribution is 1.93. The molecule has 0 amide bonds. The second-order valence-corrected chi connectivity index (χ2v) is 1.13. The maximum Gasteiger partial charge on any atom is 0.0297 e. The first-order valence-electron chi connectivity index (χ1n) is 3.81. The largest absolute Gasteiger partial charge is 0.0651 e. The van der Waals surface area contributed by atoms with E-state index in [0.717, 1.165) is 0 Å². The third-order valence-electron chi connectivity index (χ3n) is 0.530. The van der Waals surface area contributed by atoms with Crippen molar-refractivity contribution in [1.29, 1.82) is 0 Å². The van der Waals surface area contributed by atoms with E-state index < -0.39 is 12.7 Å². The molecule has 0 heteroatoms. The standard InChI is InChI=1S/C5H12/c1-4-5(2)3/h5H,4H2,1-3H3/i2D3,5D. The molecule has 0 aliphatic rings. The van der Waals surface area contributed by atoms with Crippen molar-refractivity contribution in [1.82, 2.24) is 0 Å². The Balaban J connectivity index is 4.14. The summed E-state index contributed by atoms with van der Waals surface area (Å²) in [4.78, 5) is 0. The van der Waals surface area contributed by atoms with Gasteiger partial charge in [0.25, 0.3) is 0 Å². The molecule has 1 unspecified atom stereocenters. The first-order chi connectivity index (χ1) is 3.81. The van der Waals surface area contributed by atoms with Gasteiger partial charge in [0.05, 0.1) is 0 Å². The summed E-state index contributed by atoms with van der Waals surface area (Å²) >= 11 is 0. The summed E-state index contributed by atoms with van der Waals surface area (Å²) in [5, 5.41) is 0. The fraction of sp³-hybridized carbons (Fsp3) is 1.00. The molecule has 0 aliphatic heterocycles. The van der Waals surface area contributed by atoms with Crippen LogP contribution in [0.5, 0.6) is 0 Å². The lowest BCUT2D eigenvalue weighted by molar-refractivity contribution is 0.626. The zero-order chi connectivity index (χ0) is 7.71. The smallest absolute Gasteiger partial charge is 0.0297 e. The average Bonchev–Trinajstić information content (AvgIpc) is 1.64. The second-order valence-electron chi connectivity index (χ2n) is 1.13. The molecule has 0 radical (unpaired) electrons. The van der Waals surface area contributed by atoms with E-state index in [-0.39, 0.29) is 0 Å². The Hall–Kier alpha value is 0. The van der Waals surface area contributed by atoms with Gasteiger partial charge in [0.15, 0.2) is 0 Å². The first kappa shape index (κ1) is 1.25. The van der Waals surface area contributed by atoms with Crippen molar-refractivity contribution in [2.24, 2.45) is 5.89 Å². The summed E-state index contributed by atoms with van der Waals surface area (Å²) in [5.41, 5.74) is 0. The van der Waals surface area contributed by atoms with Crippen LogP contribution >= 0.6 is 0 Å². The van der Waals surface area contributed by atoms with Crippen LogP contribution in [-0.4, -0.2) is 0 Å². The Morgan fingerprint density at radius 3 is 2.80 bits per heavy atom. The van der Waals surface area contributed by atoms with Crippen LogP contribution in [0.15, 0.2) is 0 Å². The fourth-order valence-corrected chi connectivity index (χ4v) is 0. The van der Waals surface area contributed by atoms with Crippen molar-refractivity contribution in [2.75, 3.05) is 0 Å². The number of hydrogen-bond acceptors (Lipinski definition) is 0. The van der Waals surface area contributed by atoms with Crippen LogP contribution < -0.4 is 0 Å². The zero-order valence-electron chi connectivity index (χ0n) is 7.71. The van der Waals surface area contributed by atoms with Crippen molar-refractivity contribution >= 4 is 0 Å². The van der Waals surface area contributed by atoms with Crippen LogP contribution in [0.3, 0.4) is 0 Å². The van der Waals surface area contributed by atoms with E-state index in [4.69, 9.17) is 5.48 Å². The number of rotatable bonds is 1. The molecular formula is C5H12. The minimum absolute atomic E-state index is 0.365. The molecule has 0 aliphatic carbocycles. The molecule has 1 atom stereocenters. The topological polar surface area (TPSA) is 0 Å². The highest BCUT2D eigenvalue weighted by Gasteiger charge is 1.80. The van der Waals surface area contributed by atoms with Crippen molar-refractivity contribution in [3.05, 3.63) is 0 Å². The van der Waals surface area contributed by atoms with E-state index in [1.54, 1.807) is 6.92 Å². The van der Waals surface area contributed by atoms with Crippen LogP contribution in [0.1, 0.15) is 32.6 Å². The molecule has 5 heavy (non-hydrogen) atoms. The van der Waals surface area contributed by atoms with Gasteiger partial charge in [0, 0.05) is 5.48 Å². The summed E-state index contributed by atoms with van der Waals surface area (Å²) in [6.45, 7) is 1.00. The molecular weight excluding hydrogens is 60.1 g/mol. The van der Waals surface area contributed by atoms with Gasteiger partial charge in [-0.2, -0.15) is 0 Å². The minimum Gasteiger partial charge on any atom is -0.0651 e. The van der Waals surface area contributed by atoms with Gasteiger partial charge in [-0.05, 0) is 5.89 Å². The SMILES string of the molecule is [2H]C([2H])([2H])C([2H])(C)CC. The van der Waals surface area contributed by atoms with Gasteiger partial charge in [0.1, 0.15) is 0 Å². The Bertz CT molecular complexity index is 91.6. The van der Waals surface area contributed by atoms with E-state index in [1.165, 1.54) is 6.92 Å². The van der Waals surface area contributed by atoms with Gasteiger partial charge < -0.3 is 0 Å². The Labute approximate surface area is 39.8 Å². The maximum atomic E-state index is 7.26. The van der Waals surface area contributed by atoms with E-state index >= 15 is 0 Å². The third-order valence-corrected chi connectivity index (χ3v) is 0.530. The lowest BCUT2D eigenvalue weighted by Gasteiger charge is -1.90. The quantitative estimate of drug-likeness (QED) is 0.448. The molecule has 32 valence electrons.